The Balaban J connectivity index is 0.00000512. The summed E-state index contributed by atoms with van der Waals surface area (Å²) in [7, 11) is 1.74. The molecule has 0 bridgehead atoms. The second-order valence-corrected chi connectivity index (χ2v) is 9.23. The van der Waals surface area contributed by atoms with E-state index in [1.165, 1.54) is 0 Å². The quantitative estimate of drug-likeness (QED) is 0.266. The number of hydrogen-bond donors (Lipinski definition) is 2. The van der Waals surface area contributed by atoms with Crippen LogP contribution in [0.4, 0.5) is 4.79 Å². The monoisotopic (exact) mass is 573 g/mol. The van der Waals surface area contributed by atoms with Gasteiger partial charge >= 0.3 is 6.09 Å². The van der Waals surface area contributed by atoms with Crippen molar-refractivity contribution in [1.29, 1.82) is 0 Å². The molecule has 2 aromatic rings. The molecular weight excluding hydrogens is 537 g/mol. The third-order valence-electron chi connectivity index (χ3n) is 4.25. The van der Waals surface area contributed by atoms with Crippen LogP contribution in [0.3, 0.4) is 0 Å². The fourth-order valence-corrected chi connectivity index (χ4v) is 3.45. The molecule has 0 aliphatic rings. The summed E-state index contributed by atoms with van der Waals surface area (Å²) in [5.74, 6) is 0.766. The number of halogens is 1. The van der Waals surface area contributed by atoms with E-state index in [2.05, 4.69) is 32.9 Å². The van der Waals surface area contributed by atoms with E-state index in [-0.39, 0.29) is 30.1 Å². The van der Waals surface area contributed by atoms with E-state index >= 15 is 0 Å². The van der Waals surface area contributed by atoms with Crippen molar-refractivity contribution in [2.75, 3.05) is 13.6 Å². The van der Waals surface area contributed by atoms with Crippen molar-refractivity contribution in [3.63, 3.8) is 0 Å². The topological polar surface area (TPSA) is 78.9 Å². The van der Waals surface area contributed by atoms with E-state index in [0.29, 0.717) is 19.6 Å². The Kier molecular flexibility index (Phi) is 12.0. The summed E-state index contributed by atoms with van der Waals surface area (Å²) in [4.78, 5) is 22.9. The maximum atomic E-state index is 12.1. The number of nitrogens with one attached hydrogen (secondary N) is 2. The number of hydrogen-bond acceptors (Lipinski definition) is 5. The number of aryl methyl sites for hydroxylation is 1. The summed E-state index contributed by atoms with van der Waals surface area (Å²) in [6, 6.07) is 8.12. The van der Waals surface area contributed by atoms with Crippen LogP contribution in [0.25, 0.3) is 0 Å². The van der Waals surface area contributed by atoms with Crippen LogP contribution < -0.4 is 10.6 Å². The van der Waals surface area contributed by atoms with Crippen LogP contribution in [0.15, 0.2) is 34.6 Å². The van der Waals surface area contributed by atoms with Crippen molar-refractivity contribution in [3.8, 4) is 0 Å². The highest BCUT2D eigenvalue weighted by atomic mass is 127. The smallest absolute Gasteiger partial charge is 0.410 e. The van der Waals surface area contributed by atoms with Gasteiger partial charge in [0.15, 0.2) is 5.96 Å². The van der Waals surface area contributed by atoms with Gasteiger partial charge in [-0.15, -0.1) is 35.3 Å². The van der Waals surface area contributed by atoms with Crippen LogP contribution in [0, 0.1) is 0 Å². The van der Waals surface area contributed by atoms with Gasteiger partial charge in [0, 0.05) is 25.5 Å². The number of guanidine groups is 1. The maximum absolute atomic E-state index is 12.1. The Morgan fingerprint density at radius 3 is 2.38 bits per heavy atom. The molecule has 7 nitrogen and oxygen atoms in total. The first-order valence-corrected chi connectivity index (χ1v) is 11.6. The first-order chi connectivity index (χ1) is 14.7. The Hall–Kier alpha value is -1.88. The molecule has 0 unspecified atom stereocenters. The van der Waals surface area contributed by atoms with Gasteiger partial charge in [-0.2, -0.15) is 0 Å². The Morgan fingerprint density at radius 1 is 1.16 bits per heavy atom. The first-order valence-electron chi connectivity index (χ1n) is 10.7. The summed E-state index contributed by atoms with van der Waals surface area (Å²) in [6.45, 7) is 12.3. The molecule has 0 spiro atoms. The van der Waals surface area contributed by atoms with E-state index in [9.17, 15) is 4.79 Å². The van der Waals surface area contributed by atoms with Crippen molar-refractivity contribution < 1.29 is 9.53 Å². The number of rotatable bonds is 8. The molecule has 178 valence electrons. The lowest BCUT2D eigenvalue weighted by Crippen LogP contribution is -2.36. The zero-order valence-electron chi connectivity index (χ0n) is 19.9. The molecule has 1 amide bonds. The third-order valence-corrected chi connectivity index (χ3v) is 5.29. The van der Waals surface area contributed by atoms with E-state index in [0.717, 1.165) is 40.8 Å². The minimum Gasteiger partial charge on any atom is -0.444 e. The standard InChI is InChI=1S/C23H35N5O2S.HI/c1-7-20-27-19(16-31-20)14-26-21(24-8-2)25-13-17-9-11-18(12-10-17)15-28(6)22(29)30-23(3,4)5;/h9-12,16H,7-8,13-15H2,1-6H3,(H2,24,25,26);1H. The Morgan fingerprint density at radius 2 is 1.81 bits per heavy atom. The predicted molar refractivity (Wildman–Crippen MR) is 143 cm³/mol. The SMILES string of the molecule is CCNC(=NCc1ccc(CN(C)C(=O)OC(C)(C)C)cc1)NCc1csc(CC)n1.I. The van der Waals surface area contributed by atoms with E-state index in [1.54, 1.807) is 23.3 Å². The molecule has 2 N–H and O–H groups in total. The summed E-state index contributed by atoms with van der Waals surface area (Å²) < 4.78 is 5.40. The van der Waals surface area contributed by atoms with Crippen LogP contribution in [-0.2, 0) is 30.8 Å². The average Bonchev–Trinajstić information content (AvgIpc) is 3.18. The molecule has 1 aromatic carbocycles. The summed E-state index contributed by atoms with van der Waals surface area (Å²) in [5.41, 5.74) is 2.68. The molecule has 0 fully saturated rings. The highest BCUT2D eigenvalue weighted by Gasteiger charge is 2.19. The van der Waals surface area contributed by atoms with E-state index in [4.69, 9.17) is 4.74 Å². The molecule has 0 saturated heterocycles. The van der Waals surface area contributed by atoms with Crippen LogP contribution in [0.5, 0.6) is 0 Å². The van der Waals surface area contributed by atoms with Gasteiger partial charge in [0.25, 0.3) is 0 Å². The van der Waals surface area contributed by atoms with Crippen LogP contribution in [-0.4, -0.2) is 41.1 Å². The van der Waals surface area contributed by atoms with Crippen molar-refractivity contribution in [2.45, 2.75) is 66.3 Å². The highest BCUT2D eigenvalue weighted by Crippen LogP contribution is 2.13. The minimum absolute atomic E-state index is 0. The van der Waals surface area contributed by atoms with Gasteiger partial charge in [0.2, 0.25) is 0 Å². The number of aliphatic imine (C=N–C) groups is 1. The number of nitrogens with zero attached hydrogens (tertiary/aromatic N) is 3. The molecule has 0 saturated carbocycles. The van der Waals surface area contributed by atoms with Gasteiger partial charge in [-0.3, -0.25) is 0 Å². The molecule has 2 rings (SSSR count). The van der Waals surface area contributed by atoms with Gasteiger partial charge in [-0.25, -0.2) is 14.8 Å². The number of carbonyl (C=O) groups excluding carboxylic acids is 1. The van der Waals surface area contributed by atoms with Gasteiger partial charge in [0.1, 0.15) is 5.60 Å². The maximum Gasteiger partial charge on any atom is 0.410 e. The fraction of sp³-hybridized carbons (Fsp3) is 0.522. The molecule has 0 aliphatic heterocycles. The number of aromatic nitrogens is 1. The summed E-state index contributed by atoms with van der Waals surface area (Å²) in [5, 5.41) is 9.84. The summed E-state index contributed by atoms with van der Waals surface area (Å²) in [6.07, 6.45) is 0.635. The molecule has 0 aliphatic carbocycles. The molecule has 0 radical (unpaired) electrons. The number of amides is 1. The highest BCUT2D eigenvalue weighted by molar-refractivity contribution is 14.0. The van der Waals surface area contributed by atoms with Gasteiger partial charge in [-0.05, 0) is 45.2 Å². The van der Waals surface area contributed by atoms with Crippen molar-refractivity contribution in [1.82, 2.24) is 20.5 Å². The minimum atomic E-state index is -0.497. The van der Waals surface area contributed by atoms with Gasteiger partial charge in [0.05, 0.1) is 23.8 Å². The number of carbonyl (C=O) groups is 1. The van der Waals surface area contributed by atoms with Crippen molar-refractivity contribution in [2.24, 2.45) is 4.99 Å². The van der Waals surface area contributed by atoms with Crippen LogP contribution in [0.1, 0.15) is 56.4 Å². The molecular formula is C23H36IN5O2S. The van der Waals surface area contributed by atoms with Crippen LogP contribution >= 0.6 is 35.3 Å². The van der Waals surface area contributed by atoms with Crippen LogP contribution in [0.2, 0.25) is 0 Å². The lowest BCUT2D eigenvalue weighted by molar-refractivity contribution is 0.0285. The Labute approximate surface area is 213 Å². The van der Waals surface area contributed by atoms with E-state index in [1.807, 2.05) is 52.0 Å². The lowest BCUT2D eigenvalue weighted by atomic mass is 10.1. The van der Waals surface area contributed by atoms with Gasteiger partial charge in [-0.1, -0.05) is 31.2 Å². The summed E-state index contributed by atoms with van der Waals surface area (Å²) >= 11 is 1.69. The predicted octanol–water partition coefficient (Wildman–Crippen LogP) is 4.95. The molecule has 32 heavy (non-hydrogen) atoms. The first kappa shape index (κ1) is 28.2. The zero-order chi connectivity index (χ0) is 22.9. The molecule has 0 atom stereocenters. The normalized spacial score (nSPS) is 11.5. The lowest BCUT2D eigenvalue weighted by Gasteiger charge is -2.24. The Bertz CT molecular complexity index is 862. The average molecular weight is 574 g/mol. The second kappa shape index (κ2) is 13.6. The molecule has 9 heteroatoms. The molecule has 1 aromatic heterocycles. The zero-order valence-corrected chi connectivity index (χ0v) is 23.0. The molecule has 1 heterocycles. The largest absolute Gasteiger partial charge is 0.444 e. The fourth-order valence-electron chi connectivity index (χ4n) is 2.71. The number of benzene rings is 1. The van der Waals surface area contributed by atoms with Crippen molar-refractivity contribution in [3.05, 3.63) is 51.5 Å². The third kappa shape index (κ3) is 10.2. The number of thiazole rings is 1. The number of ether oxygens (including phenoxy) is 1. The van der Waals surface area contributed by atoms with E-state index < -0.39 is 5.60 Å². The van der Waals surface area contributed by atoms with Gasteiger partial charge < -0.3 is 20.3 Å². The van der Waals surface area contributed by atoms with Crippen molar-refractivity contribution >= 4 is 47.4 Å². The second-order valence-electron chi connectivity index (χ2n) is 8.29.